The summed E-state index contributed by atoms with van der Waals surface area (Å²) in [6.45, 7) is 4.10. The maximum absolute atomic E-state index is 12.1. The van der Waals surface area contributed by atoms with Gasteiger partial charge < -0.3 is 10.2 Å². The molecule has 1 N–H and O–H groups in total. The second-order valence-corrected chi connectivity index (χ2v) is 5.34. The zero-order valence-corrected chi connectivity index (χ0v) is 11.2. The van der Waals surface area contributed by atoms with Crippen LogP contribution in [0.1, 0.15) is 13.8 Å². The quantitative estimate of drug-likeness (QED) is 0.859. The molecular formula is C12H15BrN2O. The number of nitrogens with zero attached hydrogens (tertiary/aromatic N) is 1. The van der Waals surface area contributed by atoms with Gasteiger partial charge in [0.1, 0.15) is 6.04 Å². The molecule has 1 amide bonds. The minimum atomic E-state index is -0.133. The molecule has 1 heterocycles. The van der Waals surface area contributed by atoms with Crippen LogP contribution < -0.4 is 10.2 Å². The van der Waals surface area contributed by atoms with Crippen LogP contribution in [-0.4, -0.2) is 19.0 Å². The Bertz CT molecular complexity index is 431. The molecule has 1 aromatic carbocycles. The lowest BCUT2D eigenvalue weighted by Gasteiger charge is -2.35. The van der Waals surface area contributed by atoms with Crippen LogP contribution in [0.2, 0.25) is 0 Å². The molecule has 1 unspecified atom stereocenters. The first kappa shape index (κ1) is 11.5. The Kier molecular flexibility index (Phi) is 2.93. The van der Waals surface area contributed by atoms with Gasteiger partial charge in [-0.3, -0.25) is 4.79 Å². The van der Waals surface area contributed by atoms with E-state index in [1.54, 1.807) is 4.90 Å². The minimum absolute atomic E-state index is 0.129. The van der Waals surface area contributed by atoms with E-state index < -0.39 is 0 Å². The third-order valence-corrected chi connectivity index (χ3v) is 3.39. The minimum Gasteiger partial charge on any atom is -0.372 e. The monoisotopic (exact) mass is 282 g/mol. The van der Waals surface area contributed by atoms with Crippen molar-refractivity contribution in [3.05, 3.63) is 22.7 Å². The van der Waals surface area contributed by atoms with Crippen LogP contribution in [0.15, 0.2) is 22.7 Å². The Morgan fingerprint density at radius 2 is 2.12 bits per heavy atom. The molecule has 0 spiro atoms. The number of carbonyl (C=O) groups is 1. The highest BCUT2D eigenvalue weighted by atomic mass is 79.9. The number of fused-ring (bicyclic) bond motifs is 1. The molecule has 1 aromatic rings. The topological polar surface area (TPSA) is 32.3 Å². The molecule has 16 heavy (non-hydrogen) atoms. The van der Waals surface area contributed by atoms with Crippen LogP contribution in [0.25, 0.3) is 0 Å². The number of rotatable bonds is 1. The number of likely N-dealkylation sites (N-methyl/N-ethyl adjacent to an activating group) is 1. The highest BCUT2D eigenvalue weighted by Crippen LogP contribution is 2.34. The SMILES string of the molecule is CC(C)C1Nc2cc(Br)ccc2N(C)C1=O. The molecule has 0 aliphatic carbocycles. The smallest absolute Gasteiger partial charge is 0.249 e. The predicted octanol–water partition coefficient (Wildman–Crippen LogP) is 2.86. The largest absolute Gasteiger partial charge is 0.372 e. The van der Waals surface area contributed by atoms with E-state index in [2.05, 4.69) is 21.2 Å². The molecule has 4 heteroatoms. The van der Waals surface area contributed by atoms with Crippen molar-refractivity contribution >= 4 is 33.2 Å². The highest BCUT2D eigenvalue weighted by molar-refractivity contribution is 9.10. The predicted molar refractivity (Wildman–Crippen MR) is 69.8 cm³/mol. The lowest BCUT2D eigenvalue weighted by atomic mass is 9.99. The molecule has 1 aliphatic heterocycles. The number of amides is 1. The van der Waals surface area contributed by atoms with Gasteiger partial charge in [0.05, 0.1) is 11.4 Å². The molecule has 0 saturated carbocycles. The van der Waals surface area contributed by atoms with E-state index in [-0.39, 0.29) is 17.9 Å². The fourth-order valence-electron chi connectivity index (χ4n) is 1.92. The first-order chi connectivity index (χ1) is 7.50. The molecule has 0 bridgehead atoms. The number of benzene rings is 1. The van der Waals surface area contributed by atoms with E-state index in [9.17, 15) is 4.79 Å². The van der Waals surface area contributed by atoms with Crippen LogP contribution in [0.3, 0.4) is 0 Å². The third kappa shape index (κ3) is 1.82. The highest BCUT2D eigenvalue weighted by Gasteiger charge is 2.31. The third-order valence-electron chi connectivity index (χ3n) is 2.89. The number of carbonyl (C=O) groups excluding carboxylic acids is 1. The molecule has 0 saturated heterocycles. The maximum Gasteiger partial charge on any atom is 0.249 e. The molecule has 2 rings (SSSR count). The summed E-state index contributed by atoms with van der Waals surface area (Å²) >= 11 is 3.44. The van der Waals surface area contributed by atoms with Crippen molar-refractivity contribution in [3.63, 3.8) is 0 Å². The summed E-state index contributed by atoms with van der Waals surface area (Å²) in [5, 5.41) is 3.30. The van der Waals surface area contributed by atoms with Crippen molar-refractivity contribution in [1.82, 2.24) is 0 Å². The van der Waals surface area contributed by atoms with Gasteiger partial charge in [-0.05, 0) is 24.1 Å². The summed E-state index contributed by atoms with van der Waals surface area (Å²) in [4.78, 5) is 13.8. The molecule has 0 radical (unpaired) electrons. The summed E-state index contributed by atoms with van der Waals surface area (Å²) < 4.78 is 1.02. The fraction of sp³-hybridized carbons (Fsp3) is 0.417. The zero-order chi connectivity index (χ0) is 11.9. The van der Waals surface area contributed by atoms with Gasteiger partial charge >= 0.3 is 0 Å². The van der Waals surface area contributed by atoms with E-state index in [1.807, 2.05) is 39.1 Å². The average molecular weight is 283 g/mol. The lowest BCUT2D eigenvalue weighted by molar-refractivity contribution is -0.120. The first-order valence-corrected chi connectivity index (χ1v) is 6.13. The Morgan fingerprint density at radius 1 is 1.44 bits per heavy atom. The number of nitrogens with one attached hydrogen (secondary N) is 1. The van der Waals surface area contributed by atoms with E-state index in [4.69, 9.17) is 0 Å². The Labute approximate surface area is 104 Å². The van der Waals surface area contributed by atoms with Crippen molar-refractivity contribution < 1.29 is 4.79 Å². The van der Waals surface area contributed by atoms with E-state index in [0.717, 1.165) is 15.8 Å². The molecule has 3 nitrogen and oxygen atoms in total. The summed E-state index contributed by atoms with van der Waals surface area (Å²) in [6.07, 6.45) is 0. The number of anilines is 2. The molecular weight excluding hydrogens is 268 g/mol. The Hall–Kier alpha value is -1.03. The van der Waals surface area contributed by atoms with Gasteiger partial charge in [0.15, 0.2) is 0 Å². The normalized spacial score (nSPS) is 19.7. The molecule has 1 atom stereocenters. The fourth-order valence-corrected chi connectivity index (χ4v) is 2.29. The molecule has 1 aliphatic rings. The zero-order valence-electron chi connectivity index (χ0n) is 9.62. The molecule has 0 aromatic heterocycles. The number of halogens is 1. The van der Waals surface area contributed by atoms with Gasteiger partial charge in [0.25, 0.3) is 0 Å². The number of hydrogen-bond acceptors (Lipinski definition) is 2. The second-order valence-electron chi connectivity index (χ2n) is 4.42. The average Bonchev–Trinajstić information content (AvgIpc) is 2.22. The van der Waals surface area contributed by atoms with Crippen LogP contribution in [0.5, 0.6) is 0 Å². The van der Waals surface area contributed by atoms with Crippen LogP contribution in [-0.2, 0) is 4.79 Å². The summed E-state index contributed by atoms with van der Waals surface area (Å²) in [6, 6.07) is 5.76. The van der Waals surface area contributed by atoms with Gasteiger partial charge in [-0.15, -0.1) is 0 Å². The van der Waals surface area contributed by atoms with Crippen molar-refractivity contribution in [2.24, 2.45) is 5.92 Å². The van der Waals surface area contributed by atoms with Crippen LogP contribution in [0, 0.1) is 5.92 Å². The van der Waals surface area contributed by atoms with Gasteiger partial charge in [0, 0.05) is 11.5 Å². The van der Waals surface area contributed by atoms with E-state index in [1.165, 1.54) is 0 Å². The summed E-state index contributed by atoms with van der Waals surface area (Å²) in [5.41, 5.74) is 1.94. The van der Waals surface area contributed by atoms with E-state index >= 15 is 0 Å². The standard InChI is InChI=1S/C12H15BrN2O/c1-7(2)11-12(16)15(3)10-5-4-8(13)6-9(10)14-11/h4-7,11,14H,1-3H3. The van der Waals surface area contributed by atoms with Crippen molar-refractivity contribution in [2.45, 2.75) is 19.9 Å². The van der Waals surface area contributed by atoms with E-state index in [0.29, 0.717) is 0 Å². The number of hydrogen-bond donors (Lipinski definition) is 1. The first-order valence-electron chi connectivity index (χ1n) is 5.34. The Morgan fingerprint density at radius 3 is 2.75 bits per heavy atom. The second kappa shape index (κ2) is 4.09. The van der Waals surface area contributed by atoms with Gasteiger partial charge in [-0.1, -0.05) is 29.8 Å². The molecule has 0 fully saturated rings. The summed E-state index contributed by atoms with van der Waals surface area (Å²) in [5.74, 6) is 0.409. The van der Waals surface area contributed by atoms with Gasteiger partial charge in [-0.25, -0.2) is 0 Å². The maximum atomic E-state index is 12.1. The lowest BCUT2D eigenvalue weighted by Crippen LogP contribution is -2.47. The van der Waals surface area contributed by atoms with Crippen molar-refractivity contribution in [2.75, 3.05) is 17.3 Å². The van der Waals surface area contributed by atoms with Gasteiger partial charge in [-0.2, -0.15) is 0 Å². The summed E-state index contributed by atoms with van der Waals surface area (Å²) in [7, 11) is 1.82. The molecule has 86 valence electrons. The van der Waals surface area contributed by atoms with Crippen LogP contribution >= 0.6 is 15.9 Å². The van der Waals surface area contributed by atoms with Crippen molar-refractivity contribution in [3.8, 4) is 0 Å². The Balaban J connectivity index is 2.44. The van der Waals surface area contributed by atoms with Gasteiger partial charge in [0.2, 0.25) is 5.91 Å². The van der Waals surface area contributed by atoms with Crippen molar-refractivity contribution in [1.29, 1.82) is 0 Å². The van der Waals surface area contributed by atoms with Crippen LogP contribution in [0.4, 0.5) is 11.4 Å².